The van der Waals surface area contributed by atoms with E-state index in [2.05, 4.69) is 5.32 Å². The number of benzene rings is 2. The largest absolute Gasteiger partial charge is 0.495 e. The van der Waals surface area contributed by atoms with Gasteiger partial charge in [-0.15, -0.1) is 0 Å². The molecule has 0 unspecified atom stereocenters. The van der Waals surface area contributed by atoms with Crippen LogP contribution in [0.4, 0.5) is 15.8 Å². The molecular weight excluding hydrogens is 318 g/mol. The highest BCUT2D eigenvalue weighted by molar-refractivity contribution is 6.40. The van der Waals surface area contributed by atoms with Gasteiger partial charge >= 0.3 is 0 Å². The maximum Gasteiger partial charge on any atom is 0.255 e. The number of hydrogen-bond donors (Lipinski definition) is 2. The van der Waals surface area contributed by atoms with E-state index >= 15 is 0 Å². The first-order chi connectivity index (χ1) is 9.92. The molecule has 0 aliphatic carbocycles. The lowest BCUT2D eigenvalue weighted by molar-refractivity contribution is 0.102. The number of amides is 1. The Hall–Kier alpha value is -1.98. The summed E-state index contributed by atoms with van der Waals surface area (Å²) >= 11 is 11.7. The van der Waals surface area contributed by atoms with Gasteiger partial charge in [0.15, 0.2) is 0 Å². The van der Waals surface area contributed by atoms with E-state index in [9.17, 15) is 9.18 Å². The zero-order chi connectivity index (χ0) is 15.6. The Bertz CT molecular complexity index is 684. The van der Waals surface area contributed by atoms with Crippen LogP contribution >= 0.6 is 23.2 Å². The van der Waals surface area contributed by atoms with E-state index in [1.165, 1.54) is 19.2 Å². The van der Waals surface area contributed by atoms with Gasteiger partial charge in [-0.3, -0.25) is 4.79 Å². The highest BCUT2D eigenvalue weighted by atomic mass is 35.5. The summed E-state index contributed by atoms with van der Waals surface area (Å²) in [4.78, 5) is 12.2. The average Bonchev–Trinajstić information content (AvgIpc) is 2.43. The SMILES string of the molecule is COc1cc(C(=O)Nc2c(Cl)cc(F)cc2Cl)ccc1N. The van der Waals surface area contributed by atoms with Crippen LogP contribution < -0.4 is 15.8 Å². The monoisotopic (exact) mass is 328 g/mol. The summed E-state index contributed by atoms with van der Waals surface area (Å²) in [5.41, 5.74) is 6.53. The molecule has 0 atom stereocenters. The molecule has 0 bridgehead atoms. The van der Waals surface area contributed by atoms with Gasteiger partial charge in [0.2, 0.25) is 0 Å². The molecule has 0 aliphatic rings. The maximum atomic E-state index is 13.1. The predicted molar refractivity (Wildman–Crippen MR) is 81.8 cm³/mol. The Kier molecular flexibility index (Phi) is 4.55. The molecule has 3 N–H and O–H groups in total. The summed E-state index contributed by atoms with van der Waals surface area (Å²) in [6, 6.07) is 6.68. The van der Waals surface area contributed by atoms with Crippen LogP contribution in [-0.2, 0) is 0 Å². The molecule has 0 saturated heterocycles. The van der Waals surface area contributed by atoms with E-state index in [0.717, 1.165) is 12.1 Å². The first-order valence-electron chi connectivity index (χ1n) is 5.81. The summed E-state index contributed by atoms with van der Waals surface area (Å²) in [5, 5.41) is 2.55. The highest BCUT2D eigenvalue weighted by Crippen LogP contribution is 2.32. The zero-order valence-corrected chi connectivity index (χ0v) is 12.4. The molecule has 0 radical (unpaired) electrons. The van der Waals surface area contributed by atoms with Crippen LogP contribution in [0, 0.1) is 5.82 Å². The lowest BCUT2D eigenvalue weighted by atomic mass is 10.1. The van der Waals surface area contributed by atoms with Gasteiger partial charge in [-0.2, -0.15) is 0 Å². The normalized spacial score (nSPS) is 10.3. The number of hydrogen-bond acceptors (Lipinski definition) is 3. The minimum Gasteiger partial charge on any atom is -0.495 e. The van der Waals surface area contributed by atoms with Gasteiger partial charge in [0.1, 0.15) is 11.6 Å². The lowest BCUT2D eigenvalue weighted by Crippen LogP contribution is -2.13. The smallest absolute Gasteiger partial charge is 0.255 e. The van der Waals surface area contributed by atoms with Gasteiger partial charge in [0.25, 0.3) is 5.91 Å². The molecule has 0 heterocycles. The van der Waals surface area contributed by atoms with E-state index in [0.29, 0.717) is 17.0 Å². The number of anilines is 2. The van der Waals surface area contributed by atoms with Crippen molar-refractivity contribution in [3.63, 3.8) is 0 Å². The van der Waals surface area contributed by atoms with Crippen LogP contribution in [0.25, 0.3) is 0 Å². The molecule has 21 heavy (non-hydrogen) atoms. The van der Waals surface area contributed by atoms with Gasteiger partial charge in [0.05, 0.1) is 28.5 Å². The molecule has 0 saturated carbocycles. The molecule has 0 aliphatic heterocycles. The third kappa shape index (κ3) is 3.37. The number of nitrogens with two attached hydrogens (primary N) is 1. The fourth-order valence-corrected chi connectivity index (χ4v) is 2.25. The molecule has 2 rings (SSSR count). The maximum absolute atomic E-state index is 13.1. The third-order valence-electron chi connectivity index (χ3n) is 2.74. The van der Waals surface area contributed by atoms with Crippen molar-refractivity contribution in [2.75, 3.05) is 18.2 Å². The molecule has 2 aromatic carbocycles. The minimum atomic E-state index is -0.586. The van der Waals surface area contributed by atoms with Crippen molar-refractivity contribution >= 4 is 40.5 Å². The van der Waals surface area contributed by atoms with E-state index in [1.807, 2.05) is 0 Å². The molecule has 4 nitrogen and oxygen atoms in total. The quantitative estimate of drug-likeness (QED) is 0.837. The first-order valence-corrected chi connectivity index (χ1v) is 6.57. The number of methoxy groups -OCH3 is 1. The number of nitrogen functional groups attached to an aromatic ring is 1. The summed E-state index contributed by atoms with van der Waals surface area (Å²) in [5.74, 6) is -0.681. The van der Waals surface area contributed by atoms with Crippen LogP contribution in [0.5, 0.6) is 5.75 Å². The number of ether oxygens (including phenoxy) is 1. The number of carbonyl (C=O) groups excluding carboxylic acids is 1. The predicted octanol–water partition coefficient (Wildman–Crippen LogP) is 3.98. The topological polar surface area (TPSA) is 64.3 Å². The number of carbonyl (C=O) groups is 1. The van der Waals surface area contributed by atoms with Gasteiger partial charge in [-0.1, -0.05) is 23.2 Å². The van der Waals surface area contributed by atoms with E-state index < -0.39 is 11.7 Å². The molecular formula is C14H11Cl2FN2O2. The van der Waals surface area contributed by atoms with Crippen LogP contribution in [0.1, 0.15) is 10.4 Å². The zero-order valence-electron chi connectivity index (χ0n) is 10.9. The van der Waals surface area contributed by atoms with Crippen LogP contribution in [-0.4, -0.2) is 13.0 Å². The molecule has 0 aromatic heterocycles. The number of halogens is 3. The van der Waals surface area contributed by atoms with Crippen molar-refractivity contribution in [3.05, 3.63) is 51.8 Å². The fraction of sp³-hybridized carbons (Fsp3) is 0.0714. The van der Waals surface area contributed by atoms with E-state index in [-0.39, 0.29) is 15.7 Å². The Morgan fingerprint density at radius 1 is 1.24 bits per heavy atom. The highest BCUT2D eigenvalue weighted by Gasteiger charge is 2.14. The summed E-state index contributed by atoms with van der Waals surface area (Å²) in [6.45, 7) is 0. The fourth-order valence-electron chi connectivity index (χ4n) is 1.70. The average molecular weight is 329 g/mol. The number of rotatable bonds is 3. The summed E-state index contributed by atoms with van der Waals surface area (Å²) in [7, 11) is 1.45. The Balaban J connectivity index is 2.30. The van der Waals surface area contributed by atoms with Crippen molar-refractivity contribution in [1.29, 1.82) is 0 Å². The standard InChI is InChI=1S/C14H11Cl2FN2O2/c1-21-12-4-7(2-3-11(12)18)14(20)19-13-9(15)5-8(17)6-10(13)16/h2-6H,18H2,1H3,(H,19,20). The van der Waals surface area contributed by atoms with Crippen molar-refractivity contribution in [2.45, 2.75) is 0 Å². The van der Waals surface area contributed by atoms with Crippen molar-refractivity contribution < 1.29 is 13.9 Å². The third-order valence-corrected chi connectivity index (χ3v) is 3.34. The summed E-state index contributed by atoms with van der Waals surface area (Å²) in [6.07, 6.45) is 0. The van der Waals surface area contributed by atoms with Crippen LogP contribution in [0.3, 0.4) is 0 Å². The second-order valence-electron chi connectivity index (χ2n) is 4.16. The molecule has 1 amide bonds. The molecule has 110 valence electrons. The van der Waals surface area contributed by atoms with Crippen LogP contribution in [0.2, 0.25) is 10.0 Å². The minimum absolute atomic E-state index is 0.00996. The number of nitrogens with one attached hydrogen (secondary N) is 1. The van der Waals surface area contributed by atoms with Crippen molar-refractivity contribution in [2.24, 2.45) is 0 Å². The Morgan fingerprint density at radius 2 is 1.86 bits per heavy atom. The molecule has 2 aromatic rings. The van der Waals surface area contributed by atoms with E-state index in [1.54, 1.807) is 6.07 Å². The Morgan fingerprint density at radius 3 is 2.43 bits per heavy atom. The van der Waals surface area contributed by atoms with Crippen molar-refractivity contribution in [1.82, 2.24) is 0 Å². The molecule has 0 fully saturated rings. The second kappa shape index (κ2) is 6.20. The van der Waals surface area contributed by atoms with Gasteiger partial charge < -0.3 is 15.8 Å². The lowest BCUT2D eigenvalue weighted by Gasteiger charge is -2.11. The Labute approximate surface area is 130 Å². The van der Waals surface area contributed by atoms with Gasteiger partial charge in [-0.05, 0) is 30.3 Å². The van der Waals surface area contributed by atoms with Gasteiger partial charge in [0, 0.05) is 5.56 Å². The second-order valence-corrected chi connectivity index (χ2v) is 4.97. The van der Waals surface area contributed by atoms with Crippen LogP contribution in [0.15, 0.2) is 30.3 Å². The molecule has 7 heteroatoms. The van der Waals surface area contributed by atoms with Gasteiger partial charge in [-0.25, -0.2) is 4.39 Å². The van der Waals surface area contributed by atoms with Crippen molar-refractivity contribution in [3.8, 4) is 5.75 Å². The molecule has 0 spiro atoms. The van der Waals surface area contributed by atoms with E-state index in [4.69, 9.17) is 33.7 Å². The first kappa shape index (κ1) is 15.4. The summed E-state index contributed by atoms with van der Waals surface area (Å²) < 4.78 is 18.1.